The van der Waals surface area contributed by atoms with Crippen LogP contribution in [-0.2, 0) is 16.2 Å². The molecule has 16 rings (SSSR count). The van der Waals surface area contributed by atoms with Crippen LogP contribution in [-0.4, -0.2) is 15.8 Å². The minimum atomic E-state index is -0.647. The first-order chi connectivity index (χ1) is 49.3. The second-order valence-corrected chi connectivity index (χ2v) is 26.7. The molecule has 0 amide bonds. The molecule has 2 aromatic heterocycles. The lowest BCUT2D eigenvalue weighted by Crippen LogP contribution is -2.61. The summed E-state index contributed by atoms with van der Waals surface area (Å²) in [6.45, 7) is 19.2. The summed E-state index contributed by atoms with van der Waals surface area (Å²) in [5.74, 6) is 0. The Bertz CT molecular complexity index is 5950. The van der Waals surface area contributed by atoms with E-state index in [4.69, 9.17) is 9.60 Å². The van der Waals surface area contributed by atoms with E-state index in [0.717, 1.165) is 78.1 Å². The van der Waals surface area contributed by atoms with Gasteiger partial charge in [-0.2, -0.15) is 0 Å². The summed E-state index contributed by atoms with van der Waals surface area (Å²) in [5, 5.41) is 0.0695. The van der Waals surface area contributed by atoms with Gasteiger partial charge in [-0.15, -0.1) is 0 Å². The predicted octanol–water partition coefficient (Wildman–Crippen LogP) is 20.9. The van der Waals surface area contributed by atoms with Crippen LogP contribution in [0.4, 0.5) is 34.1 Å². The van der Waals surface area contributed by atoms with Gasteiger partial charge in [0.05, 0.1) is 48.3 Å². The molecule has 0 spiro atoms. The highest BCUT2D eigenvalue weighted by Crippen LogP contribution is 2.50. The highest BCUT2D eigenvalue weighted by molar-refractivity contribution is 7.00. The van der Waals surface area contributed by atoms with Crippen molar-refractivity contribution in [2.45, 2.75) is 78.6 Å². The van der Waals surface area contributed by atoms with Gasteiger partial charge in [-0.3, -0.25) is 0 Å². The molecule has 5 heteroatoms. The second-order valence-electron chi connectivity index (χ2n) is 26.7. The summed E-state index contributed by atoms with van der Waals surface area (Å²) in [6.07, 6.45) is 0. The average Bonchev–Trinajstić information content (AvgIpc) is 1.57. The molecular weight excluding hydrogens is 1080 g/mol. The molecule has 0 saturated carbocycles. The highest BCUT2D eigenvalue weighted by Gasteiger charge is 2.45. The molecule has 0 fully saturated rings. The number of anilines is 6. The van der Waals surface area contributed by atoms with E-state index in [-0.39, 0.29) is 90.1 Å². The monoisotopic (exact) mass is 1160 g/mol. The zero-order chi connectivity index (χ0) is 73.7. The van der Waals surface area contributed by atoms with Gasteiger partial charge in [-0.05, 0) is 156 Å². The molecule has 430 valence electrons. The van der Waals surface area contributed by atoms with Crippen molar-refractivity contribution in [2.24, 2.45) is 0 Å². The maximum Gasteiger partial charge on any atom is 0.252 e. The molecule has 0 saturated heterocycles. The number of aromatic nitrogens is 2. The van der Waals surface area contributed by atoms with Crippen molar-refractivity contribution in [2.75, 3.05) is 9.80 Å². The minimum absolute atomic E-state index is 0.0236. The van der Waals surface area contributed by atoms with Gasteiger partial charge in [0, 0.05) is 66.9 Å². The third kappa shape index (κ3) is 8.87. The van der Waals surface area contributed by atoms with E-state index in [2.05, 4.69) is 175 Å². The number of nitrogens with zero attached hydrogens (tertiary/aromatic N) is 4. The van der Waals surface area contributed by atoms with Crippen molar-refractivity contribution < 1.29 is 20.6 Å². The zero-order valence-electron chi connectivity index (χ0n) is 66.1. The smallest absolute Gasteiger partial charge is 0.252 e. The Morgan fingerprint density at radius 3 is 1.28 bits per heavy atom. The summed E-state index contributed by atoms with van der Waals surface area (Å²) < 4.78 is 142. The Labute approximate surface area is 544 Å². The number of hydrogen-bond donors (Lipinski definition) is 0. The van der Waals surface area contributed by atoms with Gasteiger partial charge in [-0.1, -0.05) is 250 Å². The first kappa shape index (κ1) is 40.4. The van der Waals surface area contributed by atoms with Crippen LogP contribution in [0.2, 0.25) is 0 Å². The summed E-state index contributed by atoms with van der Waals surface area (Å²) in [4.78, 5) is 4.49. The molecule has 4 nitrogen and oxygen atoms in total. The van der Waals surface area contributed by atoms with Crippen molar-refractivity contribution in [1.29, 1.82) is 0 Å². The Kier molecular flexibility index (Phi) is 9.18. The third-order valence-electron chi connectivity index (χ3n) is 18.1. The molecule has 2 aliphatic heterocycles. The van der Waals surface area contributed by atoms with Gasteiger partial charge in [0.2, 0.25) is 0 Å². The van der Waals surface area contributed by atoms with Gasteiger partial charge in [0.1, 0.15) is 0 Å². The van der Waals surface area contributed by atoms with E-state index in [1.54, 1.807) is 9.13 Å². The fraction of sp³-hybridized carbons (Fsp3) is 0.143. The Balaban J connectivity index is 1.06. The van der Waals surface area contributed by atoms with E-state index < -0.39 is 67.1 Å². The summed E-state index contributed by atoms with van der Waals surface area (Å²) in [6, 6.07) is 53.2. The van der Waals surface area contributed by atoms with Crippen molar-refractivity contribution in [1.82, 2.24) is 9.13 Å². The van der Waals surface area contributed by atoms with Crippen LogP contribution < -0.4 is 26.2 Å². The molecule has 0 aliphatic carbocycles. The molecule has 0 N–H and O–H groups in total. The lowest BCUT2D eigenvalue weighted by Gasteiger charge is -2.45. The Hall–Kier alpha value is -10.1. The Morgan fingerprint density at radius 2 is 0.742 bits per heavy atom. The SMILES string of the molecule is [2H]c1cc([2H])c2c3c([2H])c([2H])c([2H])c([2H])c3n(-c3ccc4c(c3)N(c3ccccc3-c3ccccc3)c3cc(-c5ccc(C(C)(C)C)cc5)cc5c3B4c3ccc(-n4c6c([2H])c([2H])c([2H])c([2H])c6c6c([2H])c([2H])c([2H])c([2H])c64)cc3N5c3ccc(-c4cc(C(C)(C)C)cc(C(C)(C)C)c4)cc3)c2c1[2H]. The molecule has 0 atom stereocenters. The van der Waals surface area contributed by atoms with E-state index in [1.807, 2.05) is 66.7 Å². The molecule has 89 heavy (non-hydrogen) atoms. The van der Waals surface area contributed by atoms with Gasteiger partial charge < -0.3 is 18.9 Å². The molecule has 0 unspecified atom stereocenters. The van der Waals surface area contributed by atoms with Gasteiger partial charge in [0.25, 0.3) is 6.71 Å². The van der Waals surface area contributed by atoms with E-state index in [9.17, 15) is 11.0 Å². The number of hydrogen-bond acceptors (Lipinski definition) is 2. The number of rotatable bonds is 7. The zero-order valence-corrected chi connectivity index (χ0v) is 51.1. The largest absolute Gasteiger partial charge is 0.311 e. The van der Waals surface area contributed by atoms with Crippen LogP contribution in [0.25, 0.3) is 88.4 Å². The lowest BCUT2D eigenvalue weighted by molar-refractivity contribution is 0.569. The molecule has 2 aliphatic rings. The summed E-state index contributed by atoms with van der Waals surface area (Å²) in [5.41, 5.74) is 16.3. The molecule has 0 bridgehead atoms. The second kappa shape index (κ2) is 20.2. The molecule has 4 heterocycles. The van der Waals surface area contributed by atoms with Crippen LogP contribution in [0.5, 0.6) is 0 Å². The average molecular weight is 1160 g/mol. The maximum atomic E-state index is 9.65. The number of fused-ring (bicyclic) bond motifs is 10. The molecule has 0 radical (unpaired) electrons. The Morgan fingerprint density at radius 1 is 0.303 bits per heavy atom. The van der Waals surface area contributed by atoms with E-state index >= 15 is 0 Å². The van der Waals surface area contributed by atoms with Crippen molar-refractivity contribution in [3.63, 3.8) is 0 Å². The van der Waals surface area contributed by atoms with Crippen molar-refractivity contribution in [3.05, 3.63) is 283 Å². The van der Waals surface area contributed by atoms with Crippen LogP contribution >= 0.6 is 0 Å². The highest BCUT2D eigenvalue weighted by atomic mass is 15.2. The first-order valence-corrected chi connectivity index (χ1v) is 30.4. The molecular formula is C84H71BN4. The fourth-order valence-corrected chi connectivity index (χ4v) is 13.5. The fourth-order valence-electron chi connectivity index (χ4n) is 13.5. The molecule has 12 aromatic carbocycles. The minimum Gasteiger partial charge on any atom is -0.311 e. The quantitative estimate of drug-likeness (QED) is 0.148. The summed E-state index contributed by atoms with van der Waals surface area (Å²) >= 11 is 0. The van der Waals surface area contributed by atoms with Crippen LogP contribution in [0, 0.1) is 0 Å². The van der Waals surface area contributed by atoms with Gasteiger partial charge >= 0.3 is 0 Å². The van der Waals surface area contributed by atoms with E-state index in [1.165, 1.54) is 17.2 Å². The van der Waals surface area contributed by atoms with E-state index in [0.29, 0.717) is 22.7 Å². The van der Waals surface area contributed by atoms with Gasteiger partial charge in [0.15, 0.2) is 0 Å². The van der Waals surface area contributed by atoms with Gasteiger partial charge in [-0.25, -0.2) is 0 Å². The van der Waals surface area contributed by atoms with Crippen molar-refractivity contribution in [3.8, 4) is 44.8 Å². The normalized spacial score (nSPS) is 15.5. The topological polar surface area (TPSA) is 16.3 Å². The van der Waals surface area contributed by atoms with Crippen LogP contribution in [0.15, 0.2) is 267 Å². The predicted molar refractivity (Wildman–Crippen MR) is 382 cm³/mol. The first-order valence-electron chi connectivity index (χ1n) is 37.9. The van der Waals surface area contributed by atoms with Crippen molar-refractivity contribution >= 4 is 101 Å². The summed E-state index contributed by atoms with van der Waals surface area (Å²) in [7, 11) is 0. The molecule has 14 aromatic rings. The number of benzene rings is 12. The third-order valence-corrected chi connectivity index (χ3v) is 18.1. The maximum absolute atomic E-state index is 9.65. The van der Waals surface area contributed by atoms with Crippen LogP contribution in [0.1, 0.15) is 99.6 Å². The standard InChI is InChI=1S/C84H71BN4/c1-82(2,3)59-39-35-54(36-40-59)58-49-79-81-80(50-58)89(72-30-18-13-25-65(72)56-23-11-10-12-24-56)78-53-64(88-75-33-21-16-28-68(75)69-29-17-22-34-76(69)88)44-46-71(78)85(81)70-45-43-63(87-73-31-19-14-26-66(73)67-27-15-20-32-74(67)87)52-77(70)86(79)62-41-37-55(38-42-62)57-47-60(83(4,5)6)51-61(48-57)84(7,8)9/h10-53H,1-9H3/i14D,15D,16D,19D,20D,21D,22D,26D,27D,28D,29D,31D,32D,33D,34D. The lowest BCUT2D eigenvalue weighted by atomic mass is 9.33. The number of para-hydroxylation sites is 5. The van der Waals surface area contributed by atoms with Crippen LogP contribution in [0.3, 0.4) is 0 Å².